The summed E-state index contributed by atoms with van der Waals surface area (Å²) in [6.07, 6.45) is 5.62. The molecule has 3 aromatic rings. The van der Waals surface area contributed by atoms with Gasteiger partial charge in [-0.15, -0.1) is 0 Å². The summed E-state index contributed by atoms with van der Waals surface area (Å²) in [6.45, 7) is 0.495. The minimum Gasteiger partial charge on any atom is -1.00 e. The Morgan fingerprint density at radius 2 is 1.94 bits per heavy atom. The average molecular weight is 490 g/mol. The maximum Gasteiger partial charge on any atom is 1.00 e. The molecule has 7 nitrogen and oxygen atoms in total. The number of thioether (sulfide) groups is 1. The number of carbonyl (C=O) groups excluding carboxylic acids is 1. The van der Waals surface area contributed by atoms with Gasteiger partial charge in [-0.1, -0.05) is 36.4 Å². The van der Waals surface area contributed by atoms with E-state index < -0.39 is 17.9 Å². The molecule has 34 heavy (non-hydrogen) atoms. The number of amides is 1. The molecule has 0 fully saturated rings. The van der Waals surface area contributed by atoms with E-state index in [0.717, 1.165) is 22.4 Å². The molecule has 0 aliphatic heterocycles. The molecule has 0 radical (unpaired) electrons. The number of rotatable bonds is 11. The van der Waals surface area contributed by atoms with E-state index in [1.807, 2.05) is 48.7 Å². The Labute approximate surface area is 227 Å². The molecule has 1 amide bonds. The molecule has 3 rings (SSSR count). The number of aliphatic carboxylic acids is 1. The second kappa shape index (κ2) is 14.0. The number of carbonyl (C=O) groups is 2. The van der Waals surface area contributed by atoms with Crippen molar-refractivity contribution in [2.24, 2.45) is 0 Å². The third-order valence-electron chi connectivity index (χ3n) is 5.11. The van der Waals surface area contributed by atoms with Crippen LogP contribution in [-0.2, 0) is 11.3 Å². The van der Waals surface area contributed by atoms with Gasteiger partial charge in [0.05, 0.1) is 19.0 Å². The summed E-state index contributed by atoms with van der Waals surface area (Å²) in [7, 11) is 1.60. The van der Waals surface area contributed by atoms with Crippen LogP contribution in [-0.4, -0.2) is 47.1 Å². The second-order valence-corrected chi connectivity index (χ2v) is 8.31. The van der Waals surface area contributed by atoms with Crippen LogP contribution in [0.15, 0.2) is 67.0 Å². The van der Waals surface area contributed by atoms with Gasteiger partial charge in [0, 0.05) is 24.4 Å². The Kier molecular flexibility index (Phi) is 11.4. The number of carboxylic acid groups (broad SMARTS) is 1. The number of hydrogen-bond donors (Lipinski definition) is 3. The van der Waals surface area contributed by atoms with Gasteiger partial charge in [0.2, 0.25) is 0 Å². The van der Waals surface area contributed by atoms with Gasteiger partial charge in [0.25, 0.3) is 5.91 Å². The molecule has 0 aliphatic rings. The zero-order chi connectivity index (χ0) is 23.6. The van der Waals surface area contributed by atoms with Crippen LogP contribution in [0.3, 0.4) is 0 Å². The van der Waals surface area contributed by atoms with Gasteiger partial charge >= 0.3 is 35.5 Å². The van der Waals surface area contributed by atoms with Crippen molar-refractivity contribution in [2.45, 2.75) is 19.0 Å². The van der Waals surface area contributed by atoms with Crippen LogP contribution in [0.25, 0.3) is 11.1 Å². The molecule has 1 heterocycles. The molecule has 0 spiro atoms. The maximum atomic E-state index is 13.1. The first-order chi connectivity index (χ1) is 16.0. The van der Waals surface area contributed by atoms with Crippen molar-refractivity contribution in [3.05, 3.63) is 78.1 Å². The zero-order valence-electron chi connectivity index (χ0n) is 20.6. The van der Waals surface area contributed by atoms with Crippen LogP contribution in [0.4, 0.5) is 5.69 Å². The zero-order valence-corrected chi connectivity index (χ0v) is 22.4. The Bertz CT molecular complexity index is 1110. The fourth-order valence-corrected chi connectivity index (χ4v) is 3.85. The van der Waals surface area contributed by atoms with E-state index in [1.165, 1.54) is 0 Å². The molecule has 1 unspecified atom stereocenters. The summed E-state index contributed by atoms with van der Waals surface area (Å²) >= 11 is 1.54. The molecule has 1 atom stereocenters. The van der Waals surface area contributed by atoms with Crippen LogP contribution in [0, 0.1) is 0 Å². The number of anilines is 1. The molecule has 0 saturated carbocycles. The summed E-state index contributed by atoms with van der Waals surface area (Å²) in [6, 6.07) is 15.9. The second-order valence-electron chi connectivity index (χ2n) is 7.32. The normalized spacial score (nSPS) is 11.1. The summed E-state index contributed by atoms with van der Waals surface area (Å²) in [5.41, 5.74) is 3.76. The SMILES string of the molecule is COc1ccncc1NCc1ccc(C(=O)NC(CCSC)C(=O)O)c(-c2ccccc2)c1.[H-].[Na+]. The first-order valence-electron chi connectivity index (χ1n) is 10.5. The third kappa shape index (κ3) is 7.50. The Morgan fingerprint density at radius 3 is 2.62 bits per heavy atom. The number of carboxylic acids is 1. The molecular formula is C25H28N3NaO4S. The largest absolute Gasteiger partial charge is 1.00 e. The summed E-state index contributed by atoms with van der Waals surface area (Å²) in [4.78, 5) is 28.8. The Morgan fingerprint density at radius 1 is 1.18 bits per heavy atom. The predicted octanol–water partition coefficient (Wildman–Crippen LogP) is 1.42. The average Bonchev–Trinajstić information content (AvgIpc) is 2.85. The third-order valence-corrected chi connectivity index (χ3v) is 5.76. The number of aromatic nitrogens is 1. The standard InChI is InChI=1S/C25H27N3O4S.Na.H/c1-32-23-10-12-26-16-22(23)27-15-17-8-9-19(20(14-17)18-6-4-3-5-7-18)24(29)28-21(25(30)31)11-13-33-2;;/h3-10,12,14,16,21,27H,11,13,15H2,1-2H3,(H,28,29)(H,30,31);;/q;+1;-1. The van der Waals surface area contributed by atoms with Crippen molar-refractivity contribution >= 4 is 29.3 Å². The van der Waals surface area contributed by atoms with Crippen LogP contribution in [0.1, 0.15) is 23.8 Å². The van der Waals surface area contributed by atoms with E-state index >= 15 is 0 Å². The van der Waals surface area contributed by atoms with E-state index in [4.69, 9.17) is 4.74 Å². The van der Waals surface area contributed by atoms with Crippen LogP contribution in [0.2, 0.25) is 0 Å². The smallest absolute Gasteiger partial charge is 1.00 e. The van der Waals surface area contributed by atoms with Crippen molar-refractivity contribution in [2.75, 3.05) is 24.4 Å². The van der Waals surface area contributed by atoms with Gasteiger partial charge in [-0.25, -0.2) is 4.79 Å². The van der Waals surface area contributed by atoms with Gasteiger partial charge in [0.1, 0.15) is 11.8 Å². The van der Waals surface area contributed by atoms with E-state index in [-0.39, 0.29) is 31.0 Å². The topological polar surface area (TPSA) is 101 Å². The van der Waals surface area contributed by atoms with Gasteiger partial charge in [0.15, 0.2) is 0 Å². The number of benzene rings is 2. The van der Waals surface area contributed by atoms with Gasteiger partial charge in [-0.2, -0.15) is 11.8 Å². The van der Waals surface area contributed by atoms with Crippen LogP contribution in [0.5, 0.6) is 5.75 Å². The first-order valence-corrected chi connectivity index (χ1v) is 11.9. The van der Waals surface area contributed by atoms with Gasteiger partial charge in [-0.3, -0.25) is 9.78 Å². The minimum absolute atomic E-state index is 0. The monoisotopic (exact) mass is 489 g/mol. The molecule has 174 valence electrons. The van der Waals surface area contributed by atoms with E-state index in [0.29, 0.717) is 30.0 Å². The number of hydrogen-bond acceptors (Lipinski definition) is 6. The van der Waals surface area contributed by atoms with Crippen molar-refractivity contribution in [1.29, 1.82) is 0 Å². The molecule has 0 saturated heterocycles. The van der Waals surface area contributed by atoms with Crippen molar-refractivity contribution in [3.8, 4) is 16.9 Å². The fourth-order valence-electron chi connectivity index (χ4n) is 3.37. The number of nitrogens with one attached hydrogen (secondary N) is 2. The quantitative estimate of drug-likeness (QED) is 0.350. The Hall–Kier alpha value is -2.52. The van der Waals surface area contributed by atoms with Crippen LogP contribution < -0.4 is 44.9 Å². The molecule has 0 bridgehead atoms. The van der Waals surface area contributed by atoms with Crippen molar-refractivity contribution in [1.82, 2.24) is 10.3 Å². The minimum atomic E-state index is -1.04. The van der Waals surface area contributed by atoms with Gasteiger partial charge in [-0.05, 0) is 47.3 Å². The predicted molar refractivity (Wildman–Crippen MR) is 133 cm³/mol. The first kappa shape index (κ1) is 27.7. The number of ether oxygens (including phenoxy) is 1. The Balaban J connectivity index is 0.00000306. The molecule has 2 aromatic carbocycles. The van der Waals surface area contributed by atoms with Crippen molar-refractivity contribution in [3.63, 3.8) is 0 Å². The van der Waals surface area contributed by atoms with E-state index in [1.54, 1.807) is 43.4 Å². The molecule has 0 aliphatic carbocycles. The molecule has 3 N–H and O–H groups in total. The summed E-state index contributed by atoms with van der Waals surface area (Å²) in [5, 5.41) is 15.5. The number of pyridine rings is 1. The summed E-state index contributed by atoms with van der Waals surface area (Å²) in [5.74, 6) is -0.111. The van der Waals surface area contributed by atoms with Crippen molar-refractivity contribution < 1.29 is 50.4 Å². The molecular weight excluding hydrogens is 461 g/mol. The molecule has 9 heteroatoms. The fraction of sp³-hybridized carbons (Fsp3) is 0.240. The maximum absolute atomic E-state index is 13.1. The summed E-state index contributed by atoms with van der Waals surface area (Å²) < 4.78 is 5.36. The van der Waals surface area contributed by atoms with E-state index in [9.17, 15) is 14.7 Å². The van der Waals surface area contributed by atoms with Crippen LogP contribution >= 0.6 is 11.8 Å². The molecule has 1 aromatic heterocycles. The van der Waals surface area contributed by atoms with Gasteiger partial charge < -0.3 is 21.9 Å². The van der Waals surface area contributed by atoms with E-state index in [2.05, 4.69) is 15.6 Å². The number of nitrogens with zero attached hydrogens (tertiary/aromatic N) is 1. The number of methoxy groups -OCH3 is 1.